The fraction of sp³-hybridized carbons (Fsp3) is 0.235. The minimum absolute atomic E-state index is 0. The highest BCUT2D eigenvalue weighted by molar-refractivity contribution is 14.0. The molecule has 0 bridgehead atoms. The lowest BCUT2D eigenvalue weighted by Crippen LogP contribution is -2.38. The molecule has 23 heavy (non-hydrogen) atoms. The second-order valence-corrected chi connectivity index (χ2v) is 4.79. The van der Waals surface area contributed by atoms with Gasteiger partial charge in [0.1, 0.15) is 11.6 Å². The number of halogens is 3. The van der Waals surface area contributed by atoms with Crippen molar-refractivity contribution in [3.05, 3.63) is 71.3 Å². The van der Waals surface area contributed by atoms with Gasteiger partial charge >= 0.3 is 0 Å². The topological polar surface area (TPSA) is 36.4 Å². The molecule has 0 unspecified atom stereocenters. The molecule has 2 aromatic carbocycles. The Bertz CT molecular complexity index is 613. The fourth-order valence-corrected chi connectivity index (χ4v) is 2.08. The van der Waals surface area contributed by atoms with Crippen LogP contribution in [0, 0.1) is 11.6 Å². The van der Waals surface area contributed by atoms with Crippen LogP contribution >= 0.6 is 24.0 Å². The molecule has 0 amide bonds. The molecule has 6 heteroatoms. The van der Waals surface area contributed by atoms with Crippen LogP contribution in [0.5, 0.6) is 0 Å². The summed E-state index contributed by atoms with van der Waals surface area (Å²) in [5.41, 5.74) is 1.22. The molecule has 0 atom stereocenters. The molecule has 2 aromatic rings. The van der Waals surface area contributed by atoms with E-state index in [-0.39, 0.29) is 36.0 Å². The molecule has 124 valence electrons. The molecule has 0 heterocycles. The highest BCUT2D eigenvalue weighted by atomic mass is 127. The predicted molar refractivity (Wildman–Crippen MR) is 100 cm³/mol. The Kier molecular flexibility index (Phi) is 8.53. The van der Waals surface area contributed by atoms with Crippen molar-refractivity contribution in [1.29, 1.82) is 0 Å². The Morgan fingerprint density at radius 2 is 1.61 bits per heavy atom. The van der Waals surface area contributed by atoms with Gasteiger partial charge in [-0.05, 0) is 24.1 Å². The van der Waals surface area contributed by atoms with E-state index in [1.54, 1.807) is 7.05 Å². The maximum Gasteiger partial charge on any atom is 0.191 e. The molecule has 0 aromatic heterocycles. The Morgan fingerprint density at radius 3 is 2.22 bits per heavy atom. The number of nitrogens with zero attached hydrogens (tertiary/aromatic N) is 1. The first-order valence-electron chi connectivity index (χ1n) is 7.12. The lowest BCUT2D eigenvalue weighted by atomic mass is 10.1. The third-order valence-electron chi connectivity index (χ3n) is 3.26. The van der Waals surface area contributed by atoms with Crippen LogP contribution in [0.25, 0.3) is 0 Å². The van der Waals surface area contributed by atoms with E-state index in [1.165, 1.54) is 18.2 Å². The van der Waals surface area contributed by atoms with E-state index in [0.29, 0.717) is 19.0 Å². The molecule has 2 N–H and O–H groups in total. The summed E-state index contributed by atoms with van der Waals surface area (Å²) >= 11 is 0. The van der Waals surface area contributed by atoms with Gasteiger partial charge in [-0.15, -0.1) is 24.0 Å². The van der Waals surface area contributed by atoms with Crippen LogP contribution in [0.15, 0.2) is 53.5 Å². The molecule has 0 spiro atoms. The van der Waals surface area contributed by atoms with Gasteiger partial charge in [0.25, 0.3) is 0 Å². The number of nitrogens with one attached hydrogen (secondary N) is 2. The first kappa shape index (κ1) is 19.3. The number of rotatable bonds is 5. The minimum atomic E-state index is -0.519. The Morgan fingerprint density at radius 1 is 0.957 bits per heavy atom. The highest BCUT2D eigenvalue weighted by Gasteiger charge is 2.08. The molecule has 0 aliphatic rings. The van der Waals surface area contributed by atoms with Gasteiger partial charge in [0.15, 0.2) is 5.96 Å². The van der Waals surface area contributed by atoms with Gasteiger partial charge in [-0.25, -0.2) is 8.78 Å². The zero-order valence-corrected chi connectivity index (χ0v) is 15.2. The second-order valence-electron chi connectivity index (χ2n) is 4.79. The third-order valence-corrected chi connectivity index (χ3v) is 3.26. The quantitative estimate of drug-likeness (QED) is 0.432. The monoisotopic (exact) mass is 431 g/mol. The number of guanidine groups is 1. The zero-order valence-electron chi connectivity index (χ0n) is 12.9. The van der Waals surface area contributed by atoms with Gasteiger partial charge in [-0.3, -0.25) is 4.99 Å². The van der Waals surface area contributed by atoms with Crippen LogP contribution in [-0.2, 0) is 13.0 Å². The Labute approximate surface area is 152 Å². The third kappa shape index (κ3) is 6.13. The van der Waals surface area contributed by atoms with Gasteiger partial charge in [-0.1, -0.05) is 36.4 Å². The smallest absolute Gasteiger partial charge is 0.191 e. The summed E-state index contributed by atoms with van der Waals surface area (Å²) in [6, 6.07) is 13.8. The van der Waals surface area contributed by atoms with E-state index in [0.717, 1.165) is 5.56 Å². The highest BCUT2D eigenvalue weighted by Crippen LogP contribution is 2.11. The fourth-order valence-electron chi connectivity index (χ4n) is 2.08. The van der Waals surface area contributed by atoms with Crippen LogP contribution in [-0.4, -0.2) is 19.6 Å². The van der Waals surface area contributed by atoms with Crippen molar-refractivity contribution >= 4 is 29.9 Å². The average molecular weight is 431 g/mol. The lowest BCUT2D eigenvalue weighted by Gasteiger charge is -2.12. The van der Waals surface area contributed by atoms with Gasteiger partial charge in [0, 0.05) is 25.7 Å². The Hall–Kier alpha value is -1.70. The summed E-state index contributed by atoms with van der Waals surface area (Å²) in [6.07, 6.45) is 0.255. The van der Waals surface area contributed by atoms with Crippen molar-refractivity contribution in [2.45, 2.75) is 13.0 Å². The van der Waals surface area contributed by atoms with Crippen LogP contribution < -0.4 is 10.6 Å². The van der Waals surface area contributed by atoms with E-state index < -0.39 is 11.6 Å². The average Bonchev–Trinajstić information content (AvgIpc) is 2.54. The molecule has 0 fully saturated rings. The van der Waals surface area contributed by atoms with Crippen molar-refractivity contribution in [3.63, 3.8) is 0 Å². The van der Waals surface area contributed by atoms with Crippen molar-refractivity contribution in [2.24, 2.45) is 4.99 Å². The summed E-state index contributed by atoms with van der Waals surface area (Å²) in [6.45, 7) is 1.03. The summed E-state index contributed by atoms with van der Waals surface area (Å²) in [4.78, 5) is 4.09. The van der Waals surface area contributed by atoms with Crippen LogP contribution in [0.1, 0.15) is 11.1 Å². The number of hydrogen-bond donors (Lipinski definition) is 2. The van der Waals surface area contributed by atoms with Crippen molar-refractivity contribution in [3.8, 4) is 0 Å². The molecular formula is C17H20F2IN3. The maximum atomic E-state index is 13.5. The summed E-state index contributed by atoms with van der Waals surface area (Å²) in [5, 5.41) is 6.20. The molecule has 0 saturated carbocycles. The normalized spacial score (nSPS) is 10.8. The predicted octanol–water partition coefficient (Wildman–Crippen LogP) is 3.49. The minimum Gasteiger partial charge on any atom is -0.356 e. The van der Waals surface area contributed by atoms with Gasteiger partial charge in [0.05, 0.1) is 0 Å². The molecule has 0 radical (unpaired) electrons. The molecule has 0 aliphatic carbocycles. The Balaban J connectivity index is 0.00000264. The standard InChI is InChI=1S/C17H19F2N3.HI/c1-20-17(22-12-13-6-3-2-4-7-13)21-11-10-14-15(18)8-5-9-16(14)19;/h2-9H,10-12H2,1H3,(H2,20,21,22);1H. The van der Waals surface area contributed by atoms with E-state index in [4.69, 9.17) is 0 Å². The van der Waals surface area contributed by atoms with Gasteiger partial charge in [-0.2, -0.15) is 0 Å². The second kappa shape index (κ2) is 10.1. The van der Waals surface area contributed by atoms with E-state index in [9.17, 15) is 8.78 Å². The molecular weight excluding hydrogens is 411 g/mol. The maximum absolute atomic E-state index is 13.5. The number of benzene rings is 2. The lowest BCUT2D eigenvalue weighted by molar-refractivity contribution is 0.553. The first-order chi connectivity index (χ1) is 10.7. The first-order valence-corrected chi connectivity index (χ1v) is 7.12. The van der Waals surface area contributed by atoms with Crippen LogP contribution in [0.4, 0.5) is 8.78 Å². The number of aliphatic imine (C=N–C) groups is 1. The van der Waals surface area contributed by atoms with Crippen LogP contribution in [0.3, 0.4) is 0 Å². The molecule has 3 nitrogen and oxygen atoms in total. The largest absolute Gasteiger partial charge is 0.356 e. The van der Waals surface area contributed by atoms with Gasteiger partial charge < -0.3 is 10.6 Å². The SMILES string of the molecule is CN=C(NCCc1c(F)cccc1F)NCc1ccccc1.I. The number of hydrogen-bond acceptors (Lipinski definition) is 1. The van der Waals surface area contributed by atoms with Gasteiger partial charge in [0.2, 0.25) is 0 Å². The van der Waals surface area contributed by atoms with E-state index >= 15 is 0 Å². The molecule has 0 aliphatic heterocycles. The summed E-state index contributed by atoms with van der Waals surface area (Å²) in [5.74, 6) is -0.441. The van der Waals surface area contributed by atoms with Crippen molar-refractivity contribution in [1.82, 2.24) is 10.6 Å². The summed E-state index contributed by atoms with van der Waals surface area (Å²) in [7, 11) is 1.66. The van der Waals surface area contributed by atoms with E-state index in [1.807, 2.05) is 30.3 Å². The molecule has 2 rings (SSSR count). The van der Waals surface area contributed by atoms with E-state index in [2.05, 4.69) is 15.6 Å². The van der Waals surface area contributed by atoms with Crippen molar-refractivity contribution in [2.75, 3.05) is 13.6 Å². The van der Waals surface area contributed by atoms with Crippen LogP contribution in [0.2, 0.25) is 0 Å². The molecule has 0 saturated heterocycles. The summed E-state index contributed by atoms with van der Waals surface area (Å²) < 4.78 is 27.0. The zero-order chi connectivity index (χ0) is 15.8. The van der Waals surface area contributed by atoms with Crippen molar-refractivity contribution < 1.29 is 8.78 Å².